The van der Waals surface area contributed by atoms with Gasteiger partial charge in [-0.05, 0) is 12.1 Å². The van der Waals surface area contributed by atoms with E-state index >= 15 is 0 Å². The first-order chi connectivity index (χ1) is 8.47. The van der Waals surface area contributed by atoms with Gasteiger partial charge in [-0.1, -0.05) is 13.0 Å². The van der Waals surface area contributed by atoms with E-state index < -0.39 is 23.5 Å². The van der Waals surface area contributed by atoms with Crippen molar-refractivity contribution in [1.82, 2.24) is 0 Å². The fraction of sp³-hybridized carbons (Fsp3) is 0.333. The molecule has 6 heteroatoms. The zero-order valence-electron chi connectivity index (χ0n) is 9.73. The van der Waals surface area contributed by atoms with E-state index in [9.17, 15) is 13.6 Å². The van der Waals surface area contributed by atoms with Crippen LogP contribution in [0.4, 0.5) is 14.5 Å². The number of nitrogens with zero attached hydrogens (tertiary/aromatic N) is 2. The molecule has 96 valence electrons. The summed E-state index contributed by atoms with van der Waals surface area (Å²) >= 11 is 0. The summed E-state index contributed by atoms with van der Waals surface area (Å²) in [6.45, 7) is 0.988. The molecule has 0 aromatic heterocycles. The molecule has 0 saturated carbocycles. The van der Waals surface area contributed by atoms with Gasteiger partial charge in [0, 0.05) is 6.54 Å². The number of aliphatic carboxylic acids is 1. The van der Waals surface area contributed by atoms with E-state index in [4.69, 9.17) is 10.4 Å². The van der Waals surface area contributed by atoms with Crippen LogP contribution in [0.25, 0.3) is 0 Å². The minimum Gasteiger partial charge on any atom is -0.481 e. The fourth-order valence-corrected chi connectivity index (χ4v) is 1.52. The highest BCUT2D eigenvalue weighted by molar-refractivity contribution is 5.70. The lowest BCUT2D eigenvalue weighted by Gasteiger charge is -2.24. The molecule has 0 amide bonds. The van der Waals surface area contributed by atoms with Crippen molar-refractivity contribution in [2.75, 3.05) is 18.0 Å². The molecule has 0 radical (unpaired) electrons. The molecule has 0 aliphatic carbocycles. The molecule has 0 aliphatic rings. The normalized spacial score (nSPS) is 11.7. The van der Waals surface area contributed by atoms with Gasteiger partial charge in [-0.2, -0.15) is 5.26 Å². The van der Waals surface area contributed by atoms with Crippen molar-refractivity contribution in [1.29, 1.82) is 5.26 Å². The van der Waals surface area contributed by atoms with E-state index in [1.807, 2.05) is 0 Å². The van der Waals surface area contributed by atoms with Gasteiger partial charge in [0.1, 0.15) is 23.9 Å². The number of halogens is 2. The van der Waals surface area contributed by atoms with Crippen molar-refractivity contribution < 1.29 is 18.7 Å². The highest BCUT2D eigenvalue weighted by Crippen LogP contribution is 2.23. The smallest absolute Gasteiger partial charge is 0.308 e. The maximum absolute atomic E-state index is 13.5. The van der Waals surface area contributed by atoms with E-state index in [2.05, 4.69) is 0 Å². The second-order valence-electron chi connectivity index (χ2n) is 3.85. The minimum atomic E-state index is -1.09. The molecule has 1 aromatic carbocycles. The van der Waals surface area contributed by atoms with Gasteiger partial charge in [0.25, 0.3) is 0 Å². The summed E-state index contributed by atoms with van der Waals surface area (Å²) in [5, 5.41) is 17.4. The van der Waals surface area contributed by atoms with Crippen LogP contribution in [0.1, 0.15) is 6.92 Å². The van der Waals surface area contributed by atoms with Gasteiger partial charge in [0.2, 0.25) is 0 Å². The Bertz CT molecular complexity index is 465. The molecule has 1 unspecified atom stereocenters. The lowest BCUT2D eigenvalue weighted by molar-refractivity contribution is -0.140. The summed E-state index contributed by atoms with van der Waals surface area (Å²) < 4.78 is 27.1. The Morgan fingerprint density at radius 3 is 2.50 bits per heavy atom. The Kier molecular flexibility index (Phi) is 4.60. The third-order valence-electron chi connectivity index (χ3n) is 2.43. The number of para-hydroxylation sites is 1. The second kappa shape index (κ2) is 5.96. The molecule has 4 nitrogen and oxygen atoms in total. The highest BCUT2D eigenvalue weighted by Gasteiger charge is 2.21. The van der Waals surface area contributed by atoms with Crippen molar-refractivity contribution in [2.45, 2.75) is 6.92 Å². The summed E-state index contributed by atoms with van der Waals surface area (Å²) in [5.74, 6) is -3.56. The Labute approximate surface area is 103 Å². The molecule has 0 saturated heterocycles. The van der Waals surface area contributed by atoms with Gasteiger partial charge >= 0.3 is 5.97 Å². The quantitative estimate of drug-likeness (QED) is 0.816. The summed E-state index contributed by atoms with van der Waals surface area (Å²) in [6.07, 6.45) is 0. The van der Waals surface area contributed by atoms with Crippen LogP contribution >= 0.6 is 0 Å². The minimum absolute atomic E-state index is 0.138. The average molecular weight is 254 g/mol. The first-order valence-electron chi connectivity index (χ1n) is 5.26. The molecule has 0 heterocycles. The van der Waals surface area contributed by atoms with Crippen LogP contribution in [0.3, 0.4) is 0 Å². The Balaban J connectivity index is 3.05. The number of benzene rings is 1. The van der Waals surface area contributed by atoms with Gasteiger partial charge in [-0.3, -0.25) is 4.79 Å². The Morgan fingerprint density at radius 1 is 1.50 bits per heavy atom. The van der Waals surface area contributed by atoms with E-state index in [0.717, 1.165) is 17.0 Å². The summed E-state index contributed by atoms with van der Waals surface area (Å²) in [4.78, 5) is 11.8. The molecule has 1 N–H and O–H groups in total. The van der Waals surface area contributed by atoms with Gasteiger partial charge in [-0.15, -0.1) is 0 Å². The maximum Gasteiger partial charge on any atom is 0.308 e. The summed E-state index contributed by atoms with van der Waals surface area (Å²) in [6, 6.07) is 5.10. The predicted octanol–water partition coefficient (Wildman–Crippen LogP) is 2.02. The van der Waals surface area contributed by atoms with Crippen LogP contribution in [0, 0.1) is 28.9 Å². The molecule has 1 rings (SSSR count). The van der Waals surface area contributed by atoms with E-state index in [1.165, 1.54) is 13.0 Å². The van der Waals surface area contributed by atoms with Crippen molar-refractivity contribution in [2.24, 2.45) is 5.92 Å². The van der Waals surface area contributed by atoms with Crippen LogP contribution in [0.15, 0.2) is 18.2 Å². The number of carbonyl (C=O) groups is 1. The molecule has 0 spiro atoms. The maximum atomic E-state index is 13.5. The topological polar surface area (TPSA) is 64.3 Å². The zero-order chi connectivity index (χ0) is 13.7. The lowest BCUT2D eigenvalue weighted by Crippen LogP contribution is -2.33. The number of carboxylic acids is 1. The molecular formula is C12H12F2N2O2. The Morgan fingerprint density at radius 2 is 2.06 bits per heavy atom. The van der Waals surface area contributed by atoms with Crippen molar-refractivity contribution in [3.05, 3.63) is 29.8 Å². The highest BCUT2D eigenvalue weighted by atomic mass is 19.1. The van der Waals surface area contributed by atoms with Gasteiger partial charge < -0.3 is 10.0 Å². The first-order valence-corrected chi connectivity index (χ1v) is 5.26. The van der Waals surface area contributed by atoms with Crippen LogP contribution in [-0.4, -0.2) is 24.2 Å². The van der Waals surface area contributed by atoms with Gasteiger partial charge in [-0.25, -0.2) is 8.78 Å². The monoisotopic (exact) mass is 254 g/mol. The van der Waals surface area contributed by atoms with Crippen LogP contribution in [0.2, 0.25) is 0 Å². The molecule has 0 aliphatic heterocycles. The fourth-order valence-electron chi connectivity index (χ4n) is 1.52. The molecular weight excluding hydrogens is 242 g/mol. The third kappa shape index (κ3) is 3.17. The number of nitriles is 1. The van der Waals surface area contributed by atoms with Crippen LogP contribution in [0.5, 0.6) is 0 Å². The van der Waals surface area contributed by atoms with E-state index in [1.54, 1.807) is 6.07 Å². The number of hydrogen-bond donors (Lipinski definition) is 1. The third-order valence-corrected chi connectivity index (χ3v) is 2.43. The van der Waals surface area contributed by atoms with Crippen LogP contribution < -0.4 is 4.90 Å². The molecule has 1 atom stereocenters. The van der Waals surface area contributed by atoms with Crippen molar-refractivity contribution >= 4 is 11.7 Å². The predicted molar refractivity (Wildman–Crippen MR) is 61.0 cm³/mol. The van der Waals surface area contributed by atoms with Crippen molar-refractivity contribution in [3.8, 4) is 6.07 Å². The van der Waals surface area contributed by atoms with E-state index in [-0.39, 0.29) is 18.8 Å². The number of carboxylic acid groups (broad SMARTS) is 1. The van der Waals surface area contributed by atoms with Crippen LogP contribution in [-0.2, 0) is 4.79 Å². The first kappa shape index (κ1) is 13.9. The van der Waals surface area contributed by atoms with Gasteiger partial charge in [0.05, 0.1) is 12.0 Å². The average Bonchev–Trinajstić information content (AvgIpc) is 2.28. The lowest BCUT2D eigenvalue weighted by atomic mass is 10.1. The molecule has 0 bridgehead atoms. The molecule has 18 heavy (non-hydrogen) atoms. The number of hydrogen-bond acceptors (Lipinski definition) is 3. The number of rotatable bonds is 5. The Hall–Kier alpha value is -2.16. The van der Waals surface area contributed by atoms with E-state index in [0.29, 0.717) is 0 Å². The molecule has 1 aromatic rings. The van der Waals surface area contributed by atoms with Crippen molar-refractivity contribution in [3.63, 3.8) is 0 Å². The second-order valence-corrected chi connectivity index (χ2v) is 3.85. The SMILES string of the molecule is CC(CN(CC#N)c1c(F)cccc1F)C(=O)O. The largest absolute Gasteiger partial charge is 0.481 e. The van der Waals surface area contributed by atoms with Gasteiger partial charge in [0.15, 0.2) is 0 Å². The summed E-state index contributed by atoms with van der Waals surface area (Å²) in [7, 11) is 0. The number of anilines is 1. The summed E-state index contributed by atoms with van der Waals surface area (Å²) in [5.41, 5.74) is -0.368. The molecule has 0 fully saturated rings. The standard InChI is InChI=1S/C12H12F2N2O2/c1-8(12(17)18)7-16(6-5-15)11-9(13)3-2-4-10(11)14/h2-4,8H,6-7H2,1H3,(H,17,18). The zero-order valence-corrected chi connectivity index (χ0v) is 9.73.